The third kappa shape index (κ3) is 3.93. The molecule has 7 heteroatoms. The summed E-state index contributed by atoms with van der Waals surface area (Å²) in [6, 6.07) is 7.54. The van der Waals surface area contributed by atoms with Crippen molar-refractivity contribution >= 4 is 18.5 Å². The Morgan fingerprint density at radius 1 is 1.04 bits per heavy atom. The largest absolute Gasteiger partial charge is 0.494 e. The van der Waals surface area contributed by atoms with Gasteiger partial charge in [-0.15, -0.1) is 0 Å². The summed E-state index contributed by atoms with van der Waals surface area (Å²) in [6.45, 7) is 8.25. The first-order valence-corrected chi connectivity index (χ1v) is 9.09. The maximum Gasteiger partial charge on any atom is 0.494 e. The van der Waals surface area contributed by atoms with Crippen LogP contribution in [-0.2, 0) is 20.5 Å². The quantitative estimate of drug-likeness (QED) is 0.774. The Morgan fingerprint density at radius 3 is 2.04 bits per heavy atom. The number of halogens is 2. The third-order valence-corrected chi connectivity index (χ3v) is 5.71. The fourth-order valence-corrected chi connectivity index (χ4v) is 3.14. The van der Waals surface area contributed by atoms with E-state index in [1.54, 1.807) is 0 Å². The molecule has 0 saturated carbocycles. The normalized spacial score (nSPS) is 23.9. The van der Waals surface area contributed by atoms with Crippen molar-refractivity contribution in [1.29, 1.82) is 0 Å². The van der Waals surface area contributed by atoms with E-state index in [0.717, 1.165) is 11.0 Å². The molecule has 2 aliphatic rings. The highest BCUT2D eigenvalue weighted by Gasteiger charge is 2.51. The van der Waals surface area contributed by atoms with Gasteiger partial charge in [0.25, 0.3) is 5.92 Å². The Balaban J connectivity index is 1.59. The van der Waals surface area contributed by atoms with Crippen LogP contribution in [0.25, 0.3) is 0 Å². The fraction of sp³-hybridized carbons (Fsp3) is 0.632. The Morgan fingerprint density at radius 2 is 1.54 bits per heavy atom. The average molecular weight is 365 g/mol. The number of benzene rings is 1. The number of amides is 1. The molecular formula is C19H26BF2NO3. The lowest BCUT2D eigenvalue weighted by Crippen LogP contribution is -2.43. The van der Waals surface area contributed by atoms with Gasteiger partial charge in [0.1, 0.15) is 0 Å². The molecule has 4 nitrogen and oxygen atoms in total. The van der Waals surface area contributed by atoms with E-state index in [2.05, 4.69) is 0 Å². The molecule has 0 atom stereocenters. The van der Waals surface area contributed by atoms with Crippen molar-refractivity contribution in [1.82, 2.24) is 4.90 Å². The van der Waals surface area contributed by atoms with Crippen molar-refractivity contribution in [2.24, 2.45) is 0 Å². The smallest absolute Gasteiger partial charge is 0.399 e. The third-order valence-electron chi connectivity index (χ3n) is 5.71. The minimum absolute atomic E-state index is 0.108. The molecule has 1 aromatic carbocycles. The van der Waals surface area contributed by atoms with E-state index in [1.165, 1.54) is 4.90 Å². The lowest BCUT2D eigenvalue weighted by Gasteiger charge is -2.32. The van der Waals surface area contributed by atoms with Gasteiger partial charge in [0, 0.05) is 25.9 Å². The van der Waals surface area contributed by atoms with Crippen LogP contribution in [0.2, 0.25) is 0 Å². The lowest BCUT2D eigenvalue weighted by atomic mass is 9.79. The average Bonchev–Trinajstić information content (AvgIpc) is 2.76. The second kappa shape index (κ2) is 6.61. The zero-order chi connectivity index (χ0) is 19.2. The SMILES string of the molecule is CC1(C)OB(c2ccc(CC(=O)N3CCC(F)(F)CC3)cc2)OC1(C)C. The van der Waals surface area contributed by atoms with Crippen molar-refractivity contribution < 1.29 is 22.9 Å². The van der Waals surface area contributed by atoms with Crippen LogP contribution in [0.15, 0.2) is 24.3 Å². The van der Waals surface area contributed by atoms with Crippen LogP contribution in [-0.4, -0.2) is 48.1 Å². The molecule has 0 unspecified atom stereocenters. The van der Waals surface area contributed by atoms with E-state index in [0.29, 0.717) is 0 Å². The summed E-state index contributed by atoms with van der Waals surface area (Å²) < 4.78 is 38.5. The number of carbonyl (C=O) groups is 1. The number of nitrogens with zero attached hydrogens (tertiary/aromatic N) is 1. The Bertz CT molecular complexity index is 650. The number of hydrogen-bond donors (Lipinski definition) is 0. The van der Waals surface area contributed by atoms with Crippen LogP contribution >= 0.6 is 0 Å². The summed E-state index contributed by atoms with van der Waals surface area (Å²) >= 11 is 0. The highest BCUT2D eigenvalue weighted by Crippen LogP contribution is 2.36. The second-order valence-corrected chi connectivity index (χ2v) is 8.24. The molecule has 3 rings (SSSR count). The number of piperidine rings is 1. The van der Waals surface area contributed by atoms with Gasteiger partial charge >= 0.3 is 7.12 Å². The zero-order valence-corrected chi connectivity index (χ0v) is 15.9. The molecule has 2 saturated heterocycles. The maximum atomic E-state index is 13.2. The lowest BCUT2D eigenvalue weighted by molar-refractivity contribution is -0.136. The monoisotopic (exact) mass is 365 g/mol. The predicted octanol–water partition coefficient (Wildman–Crippen LogP) is 2.79. The van der Waals surface area contributed by atoms with Gasteiger partial charge < -0.3 is 14.2 Å². The molecule has 0 bridgehead atoms. The Kier molecular flexibility index (Phi) is 4.90. The van der Waals surface area contributed by atoms with Crippen molar-refractivity contribution in [3.05, 3.63) is 29.8 Å². The molecule has 142 valence electrons. The molecule has 2 heterocycles. The van der Waals surface area contributed by atoms with Gasteiger partial charge in [-0.2, -0.15) is 0 Å². The van der Waals surface area contributed by atoms with Crippen LogP contribution < -0.4 is 5.46 Å². The summed E-state index contributed by atoms with van der Waals surface area (Å²) in [5, 5.41) is 0. The minimum atomic E-state index is -2.64. The molecule has 1 aromatic rings. The standard InChI is InChI=1S/C19H26BF2NO3/c1-17(2)18(3,4)26-20(25-17)15-7-5-14(6-8-15)13-16(24)23-11-9-19(21,22)10-12-23/h5-8H,9-13H2,1-4H3. The fourth-order valence-electron chi connectivity index (χ4n) is 3.14. The van der Waals surface area contributed by atoms with E-state index in [1.807, 2.05) is 52.0 Å². The van der Waals surface area contributed by atoms with Gasteiger partial charge in [-0.25, -0.2) is 8.78 Å². The van der Waals surface area contributed by atoms with Crippen molar-refractivity contribution in [3.8, 4) is 0 Å². The molecule has 2 fully saturated rings. The van der Waals surface area contributed by atoms with Crippen LogP contribution in [0.1, 0.15) is 46.1 Å². The molecule has 2 aliphatic heterocycles. The highest BCUT2D eigenvalue weighted by molar-refractivity contribution is 6.62. The first-order chi connectivity index (χ1) is 12.0. The molecule has 0 spiro atoms. The number of rotatable bonds is 3. The molecular weight excluding hydrogens is 339 g/mol. The Labute approximate surface area is 154 Å². The van der Waals surface area contributed by atoms with Gasteiger partial charge in [0.15, 0.2) is 0 Å². The number of alkyl halides is 2. The number of hydrogen-bond acceptors (Lipinski definition) is 3. The van der Waals surface area contributed by atoms with Gasteiger partial charge in [-0.05, 0) is 38.7 Å². The van der Waals surface area contributed by atoms with Crippen LogP contribution in [0.4, 0.5) is 8.78 Å². The van der Waals surface area contributed by atoms with Gasteiger partial charge in [-0.1, -0.05) is 24.3 Å². The van der Waals surface area contributed by atoms with Crippen molar-refractivity contribution in [3.63, 3.8) is 0 Å². The molecule has 1 amide bonds. The number of carbonyl (C=O) groups excluding carboxylic acids is 1. The van der Waals surface area contributed by atoms with Crippen molar-refractivity contribution in [2.75, 3.05) is 13.1 Å². The summed E-state index contributed by atoms with van der Waals surface area (Å²) in [7, 11) is -0.436. The minimum Gasteiger partial charge on any atom is -0.399 e. The maximum absolute atomic E-state index is 13.2. The molecule has 0 aliphatic carbocycles. The Hall–Kier alpha value is -1.47. The predicted molar refractivity (Wildman–Crippen MR) is 96.6 cm³/mol. The molecule has 0 radical (unpaired) electrons. The second-order valence-electron chi connectivity index (χ2n) is 8.24. The summed E-state index contributed by atoms with van der Waals surface area (Å²) in [4.78, 5) is 13.8. The molecule has 0 aromatic heterocycles. The van der Waals surface area contributed by atoms with E-state index in [-0.39, 0.29) is 38.3 Å². The number of likely N-dealkylation sites (tertiary alicyclic amines) is 1. The van der Waals surface area contributed by atoms with Gasteiger partial charge in [-0.3, -0.25) is 4.79 Å². The molecule has 0 N–H and O–H groups in total. The van der Waals surface area contributed by atoms with Gasteiger partial charge in [0.05, 0.1) is 17.6 Å². The zero-order valence-electron chi connectivity index (χ0n) is 15.9. The summed E-state index contributed by atoms with van der Waals surface area (Å²) in [5.41, 5.74) is 0.954. The van der Waals surface area contributed by atoms with E-state index in [9.17, 15) is 13.6 Å². The van der Waals surface area contributed by atoms with Crippen molar-refractivity contribution in [2.45, 2.75) is 64.1 Å². The first-order valence-electron chi connectivity index (χ1n) is 9.09. The van der Waals surface area contributed by atoms with Crippen LogP contribution in [0.5, 0.6) is 0 Å². The van der Waals surface area contributed by atoms with Gasteiger partial charge in [0.2, 0.25) is 5.91 Å². The topological polar surface area (TPSA) is 38.8 Å². The summed E-state index contributed by atoms with van der Waals surface area (Å²) in [5.74, 6) is -2.75. The van der Waals surface area contributed by atoms with E-state index >= 15 is 0 Å². The van der Waals surface area contributed by atoms with Crippen LogP contribution in [0.3, 0.4) is 0 Å². The van der Waals surface area contributed by atoms with E-state index < -0.39 is 24.2 Å². The summed E-state index contributed by atoms with van der Waals surface area (Å²) in [6.07, 6.45) is -0.283. The van der Waals surface area contributed by atoms with Crippen LogP contribution in [0, 0.1) is 0 Å². The highest BCUT2D eigenvalue weighted by atomic mass is 19.3. The van der Waals surface area contributed by atoms with E-state index in [4.69, 9.17) is 9.31 Å². The molecule has 26 heavy (non-hydrogen) atoms. The first kappa shape index (κ1) is 19.3.